The van der Waals surface area contributed by atoms with Crippen molar-refractivity contribution in [3.63, 3.8) is 0 Å². The summed E-state index contributed by atoms with van der Waals surface area (Å²) in [5.74, 6) is 0.485. The molecule has 0 aromatic heterocycles. The van der Waals surface area contributed by atoms with Gasteiger partial charge in [-0.1, -0.05) is 58.0 Å². The molecule has 1 aromatic rings. The maximum atomic E-state index is 12.3. The predicted octanol–water partition coefficient (Wildman–Crippen LogP) is 4.97. The minimum absolute atomic E-state index is 0.0890. The minimum atomic E-state index is 0.0890. The van der Waals surface area contributed by atoms with E-state index in [4.69, 9.17) is 0 Å². The topological polar surface area (TPSA) is 17.1 Å². The molecule has 0 spiro atoms. The smallest absolute Gasteiger partial charge is 0.140 e. The van der Waals surface area contributed by atoms with E-state index in [-0.39, 0.29) is 5.92 Å². The van der Waals surface area contributed by atoms with Crippen molar-refractivity contribution in [2.75, 3.05) is 0 Å². The van der Waals surface area contributed by atoms with E-state index in [9.17, 15) is 4.79 Å². The van der Waals surface area contributed by atoms with Gasteiger partial charge < -0.3 is 0 Å². The molecule has 0 aliphatic carbocycles. The van der Waals surface area contributed by atoms with Gasteiger partial charge in [0.25, 0.3) is 0 Å². The molecule has 0 heterocycles. The van der Waals surface area contributed by atoms with Crippen molar-refractivity contribution in [1.29, 1.82) is 0 Å². The monoisotopic (exact) mass is 246 g/mol. The van der Waals surface area contributed by atoms with E-state index in [1.54, 1.807) is 0 Å². The maximum absolute atomic E-state index is 12.3. The first-order valence-corrected chi connectivity index (χ1v) is 7.01. The lowest BCUT2D eigenvalue weighted by Crippen LogP contribution is -2.13. The third-order valence-corrected chi connectivity index (χ3v) is 3.35. The molecule has 100 valence electrons. The van der Waals surface area contributed by atoms with Crippen LogP contribution in [0.2, 0.25) is 0 Å². The van der Waals surface area contributed by atoms with E-state index in [1.807, 2.05) is 18.2 Å². The quantitative estimate of drug-likeness (QED) is 0.693. The van der Waals surface area contributed by atoms with Gasteiger partial charge in [0, 0.05) is 12.3 Å². The van der Waals surface area contributed by atoms with Crippen molar-refractivity contribution in [1.82, 2.24) is 0 Å². The zero-order valence-electron chi connectivity index (χ0n) is 12.2. The average Bonchev–Trinajstić information content (AvgIpc) is 2.29. The highest BCUT2D eigenvalue weighted by Gasteiger charge is 2.19. The van der Waals surface area contributed by atoms with Crippen LogP contribution in [-0.4, -0.2) is 5.78 Å². The number of benzene rings is 1. The summed E-state index contributed by atoms with van der Waals surface area (Å²) in [7, 11) is 0. The lowest BCUT2D eigenvalue weighted by molar-refractivity contribution is -0.120. The number of hydrogen-bond donors (Lipinski definition) is 0. The van der Waals surface area contributed by atoms with Crippen LogP contribution in [-0.2, 0) is 4.79 Å². The number of ketones is 1. The molecule has 1 rings (SSSR count). The molecule has 0 amide bonds. The van der Waals surface area contributed by atoms with Crippen LogP contribution in [0.15, 0.2) is 30.3 Å². The standard InChI is InChI=1S/C17H26O/c1-5-15(14-10-7-6-8-11-14)16(18)12-9-13-17(2,3)4/h6-8,10-11,15H,5,9,12-13H2,1-4H3. The zero-order chi connectivity index (χ0) is 13.6. The molecule has 0 aliphatic heterocycles. The van der Waals surface area contributed by atoms with Crippen LogP contribution in [0.25, 0.3) is 0 Å². The second kappa shape index (κ2) is 6.72. The molecule has 18 heavy (non-hydrogen) atoms. The predicted molar refractivity (Wildman–Crippen MR) is 77.8 cm³/mol. The Labute approximate surface area is 112 Å². The van der Waals surface area contributed by atoms with Gasteiger partial charge in [0.15, 0.2) is 0 Å². The summed E-state index contributed by atoms with van der Waals surface area (Å²) in [4.78, 5) is 12.3. The SMILES string of the molecule is CCC(C(=O)CCCC(C)(C)C)c1ccccc1. The Morgan fingerprint density at radius 1 is 1.17 bits per heavy atom. The van der Waals surface area contributed by atoms with Crippen LogP contribution in [0.4, 0.5) is 0 Å². The Balaban J connectivity index is 2.54. The molecule has 0 saturated heterocycles. The van der Waals surface area contributed by atoms with Gasteiger partial charge in [-0.25, -0.2) is 0 Å². The van der Waals surface area contributed by atoms with Crippen LogP contribution in [0.3, 0.4) is 0 Å². The third-order valence-electron chi connectivity index (χ3n) is 3.35. The first-order chi connectivity index (χ1) is 8.44. The molecule has 0 aliphatic rings. The van der Waals surface area contributed by atoms with Crippen LogP contribution in [0, 0.1) is 5.41 Å². The molecule has 1 aromatic carbocycles. The minimum Gasteiger partial charge on any atom is -0.299 e. The molecule has 1 unspecified atom stereocenters. The first-order valence-electron chi connectivity index (χ1n) is 7.01. The van der Waals surface area contributed by atoms with Gasteiger partial charge in [0.2, 0.25) is 0 Å². The van der Waals surface area contributed by atoms with Crippen molar-refractivity contribution in [3.8, 4) is 0 Å². The second-order valence-corrected chi connectivity index (χ2v) is 6.25. The summed E-state index contributed by atoms with van der Waals surface area (Å²) < 4.78 is 0. The highest BCUT2D eigenvalue weighted by atomic mass is 16.1. The summed E-state index contributed by atoms with van der Waals surface area (Å²) in [6.45, 7) is 8.78. The van der Waals surface area contributed by atoms with Crippen molar-refractivity contribution in [3.05, 3.63) is 35.9 Å². The highest BCUT2D eigenvalue weighted by Crippen LogP contribution is 2.26. The number of Topliss-reactive ketones (excluding diaryl/α,β-unsaturated/α-hetero) is 1. The summed E-state index contributed by atoms with van der Waals surface area (Å²) in [5, 5.41) is 0. The Hall–Kier alpha value is -1.11. The molecule has 0 bridgehead atoms. The molecule has 0 fully saturated rings. The van der Waals surface area contributed by atoms with Crippen LogP contribution in [0.1, 0.15) is 64.9 Å². The van der Waals surface area contributed by atoms with Crippen LogP contribution in [0.5, 0.6) is 0 Å². The molecule has 0 radical (unpaired) electrons. The van der Waals surface area contributed by atoms with E-state index in [0.717, 1.165) is 19.3 Å². The Morgan fingerprint density at radius 3 is 2.28 bits per heavy atom. The highest BCUT2D eigenvalue weighted by molar-refractivity contribution is 5.85. The first kappa shape index (κ1) is 14.9. The van der Waals surface area contributed by atoms with E-state index in [1.165, 1.54) is 5.56 Å². The Bertz CT molecular complexity index is 359. The van der Waals surface area contributed by atoms with Crippen molar-refractivity contribution in [2.24, 2.45) is 5.41 Å². The van der Waals surface area contributed by atoms with Crippen LogP contribution < -0.4 is 0 Å². The van der Waals surface area contributed by atoms with Gasteiger partial charge in [0.05, 0.1) is 0 Å². The van der Waals surface area contributed by atoms with Crippen molar-refractivity contribution >= 4 is 5.78 Å². The molecule has 1 heteroatoms. The second-order valence-electron chi connectivity index (χ2n) is 6.25. The fourth-order valence-electron chi connectivity index (χ4n) is 2.30. The number of rotatable bonds is 6. The van der Waals surface area contributed by atoms with Crippen LogP contribution >= 0.6 is 0 Å². The van der Waals surface area contributed by atoms with E-state index < -0.39 is 0 Å². The van der Waals surface area contributed by atoms with Gasteiger partial charge >= 0.3 is 0 Å². The number of carbonyl (C=O) groups is 1. The molecule has 0 N–H and O–H groups in total. The fourth-order valence-corrected chi connectivity index (χ4v) is 2.30. The third kappa shape index (κ3) is 5.03. The van der Waals surface area contributed by atoms with Gasteiger partial charge in [-0.2, -0.15) is 0 Å². The van der Waals surface area contributed by atoms with E-state index in [0.29, 0.717) is 17.6 Å². The summed E-state index contributed by atoms with van der Waals surface area (Å²) in [6.07, 6.45) is 3.73. The largest absolute Gasteiger partial charge is 0.299 e. The number of carbonyl (C=O) groups excluding carboxylic acids is 1. The van der Waals surface area contributed by atoms with Gasteiger partial charge in [-0.05, 0) is 30.2 Å². The van der Waals surface area contributed by atoms with E-state index in [2.05, 4.69) is 39.8 Å². The normalized spacial score (nSPS) is 13.3. The van der Waals surface area contributed by atoms with E-state index >= 15 is 0 Å². The van der Waals surface area contributed by atoms with Crippen molar-refractivity contribution < 1.29 is 4.79 Å². The fraction of sp³-hybridized carbons (Fsp3) is 0.588. The van der Waals surface area contributed by atoms with Gasteiger partial charge in [-0.15, -0.1) is 0 Å². The van der Waals surface area contributed by atoms with Crippen molar-refractivity contribution in [2.45, 2.75) is 59.3 Å². The molecular formula is C17H26O. The Kier molecular flexibility index (Phi) is 5.58. The molecule has 0 saturated carbocycles. The molecule has 1 nitrogen and oxygen atoms in total. The van der Waals surface area contributed by atoms with Gasteiger partial charge in [-0.3, -0.25) is 4.79 Å². The lowest BCUT2D eigenvalue weighted by atomic mass is 9.86. The zero-order valence-corrected chi connectivity index (χ0v) is 12.2. The number of hydrogen-bond acceptors (Lipinski definition) is 1. The summed E-state index contributed by atoms with van der Waals surface area (Å²) in [5.41, 5.74) is 1.50. The maximum Gasteiger partial charge on any atom is 0.140 e. The summed E-state index contributed by atoms with van der Waals surface area (Å²) >= 11 is 0. The average molecular weight is 246 g/mol. The van der Waals surface area contributed by atoms with Gasteiger partial charge in [0.1, 0.15) is 5.78 Å². The summed E-state index contributed by atoms with van der Waals surface area (Å²) in [6, 6.07) is 10.2. The molecule has 1 atom stereocenters. The lowest BCUT2D eigenvalue weighted by Gasteiger charge is -2.19. The Morgan fingerprint density at radius 2 is 1.78 bits per heavy atom. The molecular weight excluding hydrogens is 220 g/mol.